The molecule has 0 aliphatic carbocycles. The number of anilines is 2. The Kier molecular flexibility index (Phi) is 7.17. The van der Waals surface area contributed by atoms with E-state index in [0.29, 0.717) is 36.6 Å². The summed E-state index contributed by atoms with van der Waals surface area (Å²) in [4.78, 5) is 26.5. The largest absolute Gasteiger partial charge is 0.493 e. The van der Waals surface area contributed by atoms with E-state index in [-0.39, 0.29) is 11.9 Å². The highest BCUT2D eigenvalue weighted by Crippen LogP contribution is 2.31. The Morgan fingerprint density at radius 1 is 1.07 bits per heavy atom. The van der Waals surface area contributed by atoms with Crippen molar-refractivity contribution >= 4 is 23.3 Å². The third-order valence-electron chi connectivity index (χ3n) is 5.17. The van der Waals surface area contributed by atoms with E-state index in [2.05, 4.69) is 17.6 Å². The van der Waals surface area contributed by atoms with Crippen molar-refractivity contribution in [3.63, 3.8) is 0 Å². The molecule has 1 heterocycles. The fraction of sp³-hybridized carbons (Fsp3) is 0.391. The number of hydrogen-bond acceptors (Lipinski definition) is 4. The molecule has 3 amide bonds. The third-order valence-corrected chi connectivity index (χ3v) is 5.17. The second-order valence-corrected chi connectivity index (χ2v) is 7.24. The summed E-state index contributed by atoms with van der Waals surface area (Å²) in [6.45, 7) is 3.21. The maximum atomic E-state index is 12.3. The molecule has 7 heteroatoms. The maximum Gasteiger partial charge on any atom is 0.319 e. The van der Waals surface area contributed by atoms with E-state index < -0.39 is 0 Å². The molecule has 30 heavy (non-hydrogen) atoms. The van der Waals surface area contributed by atoms with E-state index in [1.54, 1.807) is 14.2 Å². The number of methoxy groups -OCH3 is 2. The number of unbranched alkanes of at least 4 members (excludes halogenated alkanes) is 1. The van der Waals surface area contributed by atoms with Gasteiger partial charge in [-0.1, -0.05) is 19.4 Å². The van der Waals surface area contributed by atoms with Gasteiger partial charge in [-0.3, -0.25) is 4.79 Å². The minimum Gasteiger partial charge on any atom is -0.493 e. The molecule has 7 nitrogen and oxygen atoms in total. The van der Waals surface area contributed by atoms with Crippen LogP contribution in [-0.2, 0) is 17.8 Å². The van der Waals surface area contributed by atoms with Crippen LogP contribution >= 0.6 is 0 Å². The molecule has 0 saturated carbocycles. The van der Waals surface area contributed by atoms with E-state index in [1.807, 2.05) is 41.3 Å². The quantitative estimate of drug-likeness (QED) is 0.685. The lowest BCUT2D eigenvalue weighted by Gasteiger charge is -2.29. The molecule has 0 atom stereocenters. The molecular weight excluding hydrogens is 382 g/mol. The number of fused-ring (bicyclic) bond motifs is 1. The number of nitrogens with one attached hydrogen (secondary N) is 2. The Bertz CT molecular complexity index is 913. The van der Waals surface area contributed by atoms with E-state index in [1.165, 1.54) is 0 Å². The van der Waals surface area contributed by atoms with Crippen LogP contribution in [-0.4, -0.2) is 32.7 Å². The average molecular weight is 412 g/mol. The standard InChI is InChI=1S/C23H29N3O4/c1-4-5-12-26-19-9-8-18(14-17(19)7-11-22(26)27)25-23(28)24-15-16-6-10-20(29-2)21(13-16)30-3/h6,8-10,13-14H,4-5,7,11-12,15H2,1-3H3,(H2,24,25,28). The van der Waals surface area contributed by atoms with Crippen LogP contribution in [0.5, 0.6) is 11.5 Å². The number of carbonyl (C=O) groups is 2. The van der Waals surface area contributed by atoms with Crippen LogP contribution in [0.3, 0.4) is 0 Å². The molecule has 0 fully saturated rings. The Morgan fingerprint density at radius 2 is 1.87 bits per heavy atom. The van der Waals surface area contributed by atoms with Gasteiger partial charge in [-0.05, 0) is 54.3 Å². The first kappa shape index (κ1) is 21.5. The second kappa shape index (κ2) is 10.0. The molecule has 1 aliphatic rings. The molecule has 0 aromatic heterocycles. The second-order valence-electron chi connectivity index (χ2n) is 7.24. The van der Waals surface area contributed by atoms with Gasteiger partial charge in [0.25, 0.3) is 0 Å². The average Bonchev–Trinajstić information content (AvgIpc) is 2.76. The van der Waals surface area contributed by atoms with Crippen LogP contribution in [0.25, 0.3) is 0 Å². The number of rotatable bonds is 8. The Morgan fingerprint density at radius 3 is 2.60 bits per heavy atom. The predicted molar refractivity (Wildman–Crippen MR) is 117 cm³/mol. The van der Waals surface area contributed by atoms with Gasteiger partial charge in [0, 0.05) is 30.9 Å². The zero-order valence-corrected chi connectivity index (χ0v) is 17.8. The summed E-state index contributed by atoms with van der Waals surface area (Å²) in [6.07, 6.45) is 3.22. The van der Waals surface area contributed by atoms with Gasteiger partial charge in [-0.2, -0.15) is 0 Å². The fourth-order valence-corrected chi connectivity index (χ4v) is 3.55. The van der Waals surface area contributed by atoms with Crippen LogP contribution in [0.2, 0.25) is 0 Å². The van der Waals surface area contributed by atoms with Crippen molar-refractivity contribution in [3.8, 4) is 11.5 Å². The summed E-state index contributed by atoms with van der Waals surface area (Å²) in [7, 11) is 3.16. The molecule has 0 spiro atoms. The molecule has 1 aliphatic heterocycles. The lowest BCUT2D eigenvalue weighted by molar-refractivity contribution is -0.118. The summed E-state index contributed by atoms with van der Waals surface area (Å²) in [5.74, 6) is 1.43. The molecule has 2 N–H and O–H groups in total. The van der Waals surface area contributed by atoms with Gasteiger partial charge in [-0.15, -0.1) is 0 Å². The minimum absolute atomic E-state index is 0.171. The van der Waals surface area contributed by atoms with Gasteiger partial charge in [0.15, 0.2) is 11.5 Å². The summed E-state index contributed by atoms with van der Waals surface area (Å²) < 4.78 is 10.5. The third kappa shape index (κ3) is 5.03. The summed E-state index contributed by atoms with van der Waals surface area (Å²) in [6, 6.07) is 10.9. The van der Waals surface area contributed by atoms with Crippen LogP contribution in [0.15, 0.2) is 36.4 Å². The number of aryl methyl sites for hydroxylation is 1. The number of ether oxygens (including phenoxy) is 2. The number of carbonyl (C=O) groups excluding carboxylic acids is 2. The smallest absolute Gasteiger partial charge is 0.319 e. The van der Waals surface area contributed by atoms with Crippen LogP contribution in [0.4, 0.5) is 16.2 Å². The highest BCUT2D eigenvalue weighted by molar-refractivity contribution is 5.97. The van der Waals surface area contributed by atoms with Crippen molar-refractivity contribution in [1.82, 2.24) is 5.32 Å². The maximum absolute atomic E-state index is 12.3. The molecule has 0 saturated heterocycles. The lowest BCUT2D eigenvalue weighted by Crippen LogP contribution is -2.36. The van der Waals surface area contributed by atoms with E-state index in [0.717, 1.165) is 36.2 Å². The topological polar surface area (TPSA) is 79.9 Å². The van der Waals surface area contributed by atoms with E-state index in [4.69, 9.17) is 9.47 Å². The number of amides is 3. The highest BCUT2D eigenvalue weighted by atomic mass is 16.5. The normalized spacial score (nSPS) is 12.9. The van der Waals surface area contributed by atoms with Crippen LogP contribution in [0, 0.1) is 0 Å². The van der Waals surface area contributed by atoms with Gasteiger partial charge >= 0.3 is 6.03 Å². The Labute approximate surface area is 177 Å². The first-order chi connectivity index (χ1) is 14.5. The molecule has 3 rings (SSSR count). The van der Waals surface area contributed by atoms with Gasteiger partial charge in [0.1, 0.15) is 0 Å². The molecular formula is C23H29N3O4. The predicted octanol–water partition coefficient (Wildman–Crippen LogP) is 4.10. The summed E-state index contributed by atoms with van der Waals surface area (Å²) >= 11 is 0. The van der Waals surface area contributed by atoms with Gasteiger partial charge in [-0.25, -0.2) is 4.79 Å². The number of urea groups is 1. The Hall–Kier alpha value is -3.22. The van der Waals surface area contributed by atoms with E-state index >= 15 is 0 Å². The zero-order valence-electron chi connectivity index (χ0n) is 17.8. The molecule has 0 unspecified atom stereocenters. The van der Waals surface area contributed by atoms with Crippen molar-refractivity contribution in [2.75, 3.05) is 31.0 Å². The van der Waals surface area contributed by atoms with Crippen LogP contribution in [0.1, 0.15) is 37.3 Å². The first-order valence-electron chi connectivity index (χ1n) is 10.2. The molecule has 2 aromatic rings. The van der Waals surface area contributed by atoms with Crippen molar-refractivity contribution in [1.29, 1.82) is 0 Å². The van der Waals surface area contributed by atoms with Crippen molar-refractivity contribution < 1.29 is 19.1 Å². The molecule has 160 valence electrons. The van der Waals surface area contributed by atoms with Crippen LogP contribution < -0.4 is 25.0 Å². The summed E-state index contributed by atoms with van der Waals surface area (Å²) in [5, 5.41) is 5.72. The Balaban J connectivity index is 1.61. The summed E-state index contributed by atoms with van der Waals surface area (Å²) in [5.41, 5.74) is 3.65. The van der Waals surface area contributed by atoms with Gasteiger partial charge in [0.05, 0.1) is 14.2 Å². The highest BCUT2D eigenvalue weighted by Gasteiger charge is 2.23. The number of benzene rings is 2. The van der Waals surface area contributed by atoms with E-state index in [9.17, 15) is 9.59 Å². The van der Waals surface area contributed by atoms with Gasteiger partial charge in [0.2, 0.25) is 5.91 Å². The monoisotopic (exact) mass is 411 g/mol. The molecule has 2 aromatic carbocycles. The van der Waals surface area contributed by atoms with Gasteiger partial charge < -0.3 is 25.0 Å². The van der Waals surface area contributed by atoms with Crippen molar-refractivity contribution in [2.45, 2.75) is 39.2 Å². The minimum atomic E-state index is -0.292. The SMILES string of the molecule is CCCCN1C(=O)CCc2cc(NC(=O)NCc3ccc(OC)c(OC)c3)ccc21. The zero-order chi connectivity index (χ0) is 21.5. The van der Waals surface area contributed by atoms with Crippen molar-refractivity contribution in [3.05, 3.63) is 47.5 Å². The number of hydrogen-bond donors (Lipinski definition) is 2. The first-order valence-corrected chi connectivity index (χ1v) is 10.2. The fourth-order valence-electron chi connectivity index (χ4n) is 3.55. The molecule has 0 bridgehead atoms. The molecule has 0 radical (unpaired) electrons. The van der Waals surface area contributed by atoms with Crippen molar-refractivity contribution in [2.24, 2.45) is 0 Å². The number of nitrogens with zero attached hydrogens (tertiary/aromatic N) is 1. The lowest BCUT2D eigenvalue weighted by atomic mass is 10.00.